The first-order chi connectivity index (χ1) is 12.9. The Morgan fingerprint density at radius 2 is 1.56 bits per heavy atom. The van der Waals surface area contributed by atoms with Crippen LogP contribution in [0.3, 0.4) is 0 Å². The van der Waals surface area contributed by atoms with Crippen molar-refractivity contribution in [3.8, 4) is 0 Å². The van der Waals surface area contributed by atoms with E-state index in [0.29, 0.717) is 11.3 Å². The van der Waals surface area contributed by atoms with Crippen molar-refractivity contribution in [3.05, 3.63) is 59.9 Å². The zero-order valence-corrected chi connectivity index (χ0v) is 16.8. The SMILES string of the molecule is Cc1ccc(S(=O)(=O)C(C)CCN2CCN(c3ccc(F)cc3)CC2)cc1. The van der Waals surface area contributed by atoms with Crippen LogP contribution >= 0.6 is 0 Å². The topological polar surface area (TPSA) is 40.6 Å². The monoisotopic (exact) mass is 390 g/mol. The predicted octanol–water partition coefficient (Wildman–Crippen LogP) is 3.51. The molecule has 0 N–H and O–H groups in total. The fourth-order valence-corrected chi connectivity index (χ4v) is 4.76. The Morgan fingerprint density at radius 3 is 2.15 bits per heavy atom. The molecule has 1 aliphatic rings. The molecule has 0 amide bonds. The van der Waals surface area contributed by atoms with Gasteiger partial charge in [0.2, 0.25) is 0 Å². The fourth-order valence-electron chi connectivity index (χ4n) is 3.36. The number of hydrogen-bond acceptors (Lipinski definition) is 4. The zero-order chi connectivity index (χ0) is 19.4. The number of nitrogens with zero attached hydrogens (tertiary/aromatic N) is 2. The van der Waals surface area contributed by atoms with Crippen molar-refractivity contribution in [2.45, 2.75) is 30.4 Å². The van der Waals surface area contributed by atoms with Gasteiger partial charge < -0.3 is 4.90 Å². The van der Waals surface area contributed by atoms with Crippen LogP contribution < -0.4 is 4.90 Å². The molecule has 4 nitrogen and oxygen atoms in total. The lowest BCUT2D eigenvalue weighted by Gasteiger charge is -2.36. The predicted molar refractivity (Wildman–Crippen MR) is 107 cm³/mol. The summed E-state index contributed by atoms with van der Waals surface area (Å²) in [6.07, 6.45) is 0.618. The van der Waals surface area contributed by atoms with Gasteiger partial charge in [0.25, 0.3) is 0 Å². The molecule has 3 rings (SSSR count). The molecule has 0 spiro atoms. The highest BCUT2D eigenvalue weighted by Crippen LogP contribution is 2.20. The van der Waals surface area contributed by atoms with Crippen LogP contribution in [0.2, 0.25) is 0 Å². The Morgan fingerprint density at radius 1 is 0.963 bits per heavy atom. The van der Waals surface area contributed by atoms with Gasteiger partial charge in [0.1, 0.15) is 5.82 Å². The summed E-state index contributed by atoms with van der Waals surface area (Å²) in [5, 5.41) is -0.407. The average Bonchev–Trinajstić information content (AvgIpc) is 2.67. The maximum absolute atomic E-state index is 13.1. The first kappa shape index (κ1) is 19.8. The Hall–Kier alpha value is -1.92. The summed E-state index contributed by atoms with van der Waals surface area (Å²) in [6, 6.07) is 13.7. The van der Waals surface area contributed by atoms with E-state index in [1.165, 1.54) is 12.1 Å². The van der Waals surface area contributed by atoms with Gasteiger partial charge in [-0.3, -0.25) is 4.90 Å². The van der Waals surface area contributed by atoms with E-state index in [9.17, 15) is 12.8 Å². The minimum absolute atomic E-state index is 0.221. The first-order valence-corrected chi connectivity index (χ1v) is 10.9. The van der Waals surface area contributed by atoms with Crippen LogP contribution in [0.1, 0.15) is 18.9 Å². The minimum atomic E-state index is -3.29. The number of halogens is 1. The van der Waals surface area contributed by atoms with Gasteiger partial charge in [0.15, 0.2) is 9.84 Å². The van der Waals surface area contributed by atoms with E-state index in [1.807, 2.05) is 19.1 Å². The van der Waals surface area contributed by atoms with Gasteiger partial charge in [0, 0.05) is 31.9 Å². The summed E-state index contributed by atoms with van der Waals surface area (Å²) in [4.78, 5) is 4.95. The normalized spacial score (nSPS) is 17.1. The van der Waals surface area contributed by atoms with E-state index in [4.69, 9.17) is 0 Å². The summed E-state index contributed by atoms with van der Waals surface area (Å²) in [5.41, 5.74) is 2.09. The van der Waals surface area contributed by atoms with Gasteiger partial charge in [0.05, 0.1) is 10.1 Å². The van der Waals surface area contributed by atoms with Crippen molar-refractivity contribution in [3.63, 3.8) is 0 Å². The summed E-state index contributed by atoms with van der Waals surface area (Å²) in [5.74, 6) is -0.221. The first-order valence-electron chi connectivity index (χ1n) is 9.40. The van der Waals surface area contributed by atoms with Crippen molar-refractivity contribution >= 4 is 15.5 Å². The lowest BCUT2D eigenvalue weighted by Crippen LogP contribution is -2.47. The Kier molecular flexibility index (Phi) is 6.17. The molecule has 1 fully saturated rings. The van der Waals surface area contributed by atoms with E-state index in [-0.39, 0.29) is 5.82 Å². The smallest absolute Gasteiger partial charge is 0.181 e. The summed E-state index contributed by atoms with van der Waals surface area (Å²) >= 11 is 0. The van der Waals surface area contributed by atoms with Crippen LogP contribution in [0.25, 0.3) is 0 Å². The van der Waals surface area contributed by atoms with Gasteiger partial charge >= 0.3 is 0 Å². The number of rotatable bonds is 6. The summed E-state index contributed by atoms with van der Waals surface area (Å²) in [7, 11) is -3.29. The van der Waals surface area contributed by atoms with E-state index >= 15 is 0 Å². The van der Waals surface area contributed by atoms with Crippen molar-refractivity contribution < 1.29 is 12.8 Å². The summed E-state index contributed by atoms with van der Waals surface area (Å²) < 4.78 is 38.5. The van der Waals surface area contributed by atoms with Crippen molar-refractivity contribution in [1.29, 1.82) is 0 Å². The van der Waals surface area contributed by atoms with E-state index in [2.05, 4.69) is 9.80 Å². The number of anilines is 1. The molecule has 2 aromatic rings. The van der Waals surface area contributed by atoms with Crippen LogP contribution in [0.5, 0.6) is 0 Å². The van der Waals surface area contributed by atoms with Crippen molar-refractivity contribution in [1.82, 2.24) is 4.90 Å². The molecule has 2 aromatic carbocycles. The Balaban J connectivity index is 1.50. The second kappa shape index (κ2) is 8.40. The molecule has 0 aliphatic carbocycles. The molecule has 0 saturated carbocycles. The molecule has 0 aromatic heterocycles. The number of piperazine rings is 1. The standard InChI is InChI=1S/C21H27FN2O2S/c1-17-3-9-21(10-4-17)27(25,26)18(2)11-12-23-13-15-24(16-14-23)20-7-5-19(22)6-8-20/h3-10,18H,11-16H2,1-2H3. The molecule has 0 radical (unpaired) electrons. The quantitative estimate of drug-likeness (QED) is 0.757. The lowest BCUT2D eigenvalue weighted by molar-refractivity contribution is 0.254. The maximum Gasteiger partial charge on any atom is 0.181 e. The molecule has 1 aliphatic heterocycles. The van der Waals surface area contributed by atoms with Crippen LogP contribution in [0, 0.1) is 12.7 Å². The number of benzene rings is 2. The zero-order valence-electron chi connectivity index (χ0n) is 15.9. The largest absolute Gasteiger partial charge is 0.369 e. The molecule has 1 heterocycles. The molecule has 146 valence electrons. The van der Waals surface area contributed by atoms with E-state index in [0.717, 1.165) is 44.0 Å². The molecular weight excluding hydrogens is 363 g/mol. The highest BCUT2D eigenvalue weighted by atomic mass is 32.2. The van der Waals surface area contributed by atoms with Crippen LogP contribution in [0.4, 0.5) is 10.1 Å². The fraction of sp³-hybridized carbons (Fsp3) is 0.429. The molecule has 1 unspecified atom stereocenters. The van der Waals surface area contributed by atoms with Crippen LogP contribution in [-0.2, 0) is 9.84 Å². The second-order valence-corrected chi connectivity index (χ2v) is 9.63. The average molecular weight is 391 g/mol. The van der Waals surface area contributed by atoms with Gasteiger partial charge in [-0.2, -0.15) is 0 Å². The van der Waals surface area contributed by atoms with Crippen LogP contribution in [-0.4, -0.2) is 51.3 Å². The molecular formula is C21H27FN2O2S. The third-order valence-electron chi connectivity index (χ3n) is 5.30. The van der Waals surface area contributed by atoms with E-state index < -0.39 is 15.1 Å². The Labute approximate surface area is 161 Å². The van der Waals surface area contributed by atoms with E-state index in [1.54, 1.807) is 31.2 Å². The van der Waals surface area contributed by atoms with Gasteiger partial charge in [-0.15, -0.1) is 0 Å². The van der Waals surface area contributed by atoms with Crippen LogP contribution in [0.15, 0.2) is 53.4 Å². The molecule has 0 bridgehead atoms. The third kappa shape index (κ3) is 4.87. The molecule has 6 heteroatoms. The molecule has 27 heavy (non-hydrogen) atoms. The highest BCUT2D eigenvalue weighted by Gasteiger charge is 2.25. The minimum Gasteiger partial charge on any atom is -0.369 e. The summed E-state index contributed by atoms with van der Waals surface area (Å²) in [6.45, 7) is 8.01. The van der Waals surface area contributed by atoms with Crippen molar-refractivity contribution in [2.24, 2.45) is 0 Å². The van der Waals surface area contributed by atoms with Crippen molar-refractivity contribution in [2.75, 3.05) is 37.6 Å². The molecule has 1 saturated heterocycles. The maximum atomic E-state index is 13.1. The number of hydrogen-bond donors (Lipinski definition) is 0. The Bertz CT molecular complexity index is 843. The molecule has 1 atom stereocenters. The second-order valence-electron chi connectivity index (χ2n) is 7.26. The number of aryl methyl sites for hydroxylation is 1. The number of sulfone groups is 1. The van der Waals surface area contributed by atoms with Gasteiger partial charge in [-0.1, -0.05) is 17.7 Å². The highest BCUT2D eigenvalue weighted by molar-refractivity contribution is 7.92. The third-order valence-corrected chi connectivity index (χ3v) is 7.52. The van der Waals surface area contributed by atoms with Gasteiger partial charge in [-0.25, -0.2) is 12.8 Å². The lowest BCUT2D eigenvalue weighted by atomic mass is 10.2. The van der Waals surface area contributed by atoms with Gasteiger partial charge in [-0.05, 0) is 63.2 Å².